The van der Waals surface area contributed by atoms with Crippen molar-refractivity contribution in [3.05, 3.63) is 11.6 Å². The van der Waals surface area contributed by atoms with Crippen molar-refractivity contribution in [2.75, 3.05) is 32.8 Å². The van der Waals surface area contributed by atoms with Gasteiger partial charge in [0.25, 0.3) is 0 Å². The largest absolute Gasteiger partial charge is 0.378 e. The number of halogens is 2. The number of nitrogens with one attached hydrogen (secondary N) is 2. The SMILES string of the molecule is CC1CC(C(=O)N2CCOCC2)C(N2C[C@H](NC(=O)C3=CC(=O)NC4C3CCC(F)C4F)CC2=O)C(C2CC2)C1. The average molecular weight is 563 g/mol. The predicted octanol–water partition coefficient (Wildman–Crippen LogP) is 1.51. The molecule has 9 atom stereocenters. The van der Waals surface area contributed by atoms with Crippen molar-refractivity contribution in [3.8, 4) is 0 Å². The molecule has 0 aromatic carbocycles. The lowest BCUT2D eigenvalue weighted by Crippen LogP contribution is -2.57. The summed E-state index contributed by atoms with van der Waals surface area (Å²) in [7, 11) is 0. The van der Waals surface area contributed by atoms with E-state index in [9.17, 15) is 28.0 Å². The highest BCUT2D eigenvalue weighted by molar-refractivity contribution is 6.03. The molecule has 3 heterocycles. The van der Waals surface area contributed by atoms with Crippen LogP contribution in [0.25, 0.3) is 0 Å². The van der Waals surface area contributed by atoms with Gasteiger partial charge in [0, 0.05) is 49.7 Å². The Bertz CT molecular complexity index is 1080. The van der Waals surface area contributed by atoms with E-state index in [1.807, 2.05) is 9.80 Å². The molecule has 6 aliphatic rings. The highest BCUT2D eigenvalue weighted by atomic mass is 19.2. The normalized spacial score (nSPS) is 40.3. The number of alkyl halides is 2. The molecule has 0 radical (unpaired) electrons. The predicted molar refractivity (Wildman–Crippen MR) is 140 cm³/mol. The Morgan fingerprint density at radius 1 is 1.07 bits per heavy atom. The minimum atomic E-state index is -1.86. The van der Waals surface area contributed by atoms with Crippen molar-refractivity contribution < 1.29 is 32.7 Å². The summed E-state index contributed by atoms with van der Waals surface area (Å²) in [5, 5.41) is 5.41. The van der Waals surface area contributed by atoms with E-state index >= 15 is 0 Å². The molecule has 0 aromatic rings. The Balaban J connectivity index is 1.18. The summed E-state index contributed by atoms with van der Waals surface area (Å²) < 4.78 is 34.0. The molecule has 4 amide bonds. The third-order valence-electron chi connectivity index (χ3n) is 10.0. The van der Waals surface area contributed by atoms with Gasteiger partial charge in [0.2, 0.25) is 23.6 Å². The van der Waals surface area contributed by atoms with E-state index < -0.39 is 42.2 Å². The lowest BCUT2D eigenvalue weighted by Gasteiger charge is -2.47. The monoisotopic (exact) mass is 562 g/mol. The number of ether oxygens (including phenoxy) is 1. The summed E-state index contributed by atoms with van der Waals surface area (Å²) >= 11 is 0. The molecule has 0 aromatic heterocycles. The Morgan fingerprint density at radius 3 is 2.55 bits per heavy atom. The summed E-state index contributed by atoms with van der Waals surface area (Å²) in [6.45, 7) is 4.65. The van der Waals surface area contributed by atoms with Crippen molar-refractivity contribution in [1.29, 1.82) is 0 Å². The van der Waals surface area contributed by atoms with Crippen molar-refractivity contribution in [2.24, 2.45) is 29.6 Å². The molecule has 6 rings (SSSR count). The fourth-order valence-electron chi connectivity index (χ4n) is 8.01. The molecule has 0 bridgehead atoms. The number of hydrogen-bond acceptors (Lipinski definition) is 5. The topological polar surface area (TPSA) is 108 Å². The maximum absolute atomic E-state index is 14.6. The number of morpholine rings is 1. The molecule has 3 aliphatic carbocycles. The fraction of sp³-hybridized carbons (Fsp3) is 0.793. The molecule has 8 unspecified atom stereocenters. The molecular formula is C29H40F2N4O5. The van der Waals surface area contributed by atoms with E-state index in [-0.39, 0.29) is 54.5 Å². The third-order valence-corrected chi connectivity index (χ3v) is 10.0. The Kier molecular flexibility index (Phi) is 7.61. The smallest absolute Gasteiger partial charge is 0.248 e. The van der Waals surface area contributed by atoms with E-state index in [4.69, 9.17) is 4.74 Å². The van der Waals surface area contributed by atoms with E-state index in [1.54, 1.807) is 0 Å². The molecule has 3 aliphatic heterocycles. The second-order valence-electron chi connectivity index (χ2n) is 12.8. The van der Waals surface area contributed by atoms with E-state index in [0.29, 0.717) is 44.7 Å². The van der Waals surface area contributed by atoms with Gasteiger partial charge in [0.1, 0.15) is 6.17 Å². The fourth-order valence-corrected chi connectivity index (χ4v) is 8.01. The minimum absolute atomic E-state index is 0.0142. The highest BCUT2D eigenvalue weighted by Gasteiger charge is 2.52. The molecule has 0 spiro atoms. The van der Waals surface area contributed by atoms with Crippen LogP contribution in [0.4, 0.5) is 8.78 Å². The van der Waals surface area contributed by atoms with Gasteiger partial charge < -0.3 is 25.2 Å². The number of nitrogens with zero attached hydrogens (tertiary/aromatic N) is 2. The zero-order valence-electron chi connectivity index (χ0n) is 23.0. The van der Waals surface area contributed by atoms with Gasteiger partial charge >= 0.3 is 0 Å². The molecule has 9 nitrogen and oxygen atoms in total. The first-order valence-corrected chi connectivity index (χ1v) is 15.0. The summed E-state index contributed by atoms with van der Waals surface area (Å²) in [4.78, 5) is 56.6. The van der Waals surface area contributed by atoms with Crippen LogP contribution in [0.1, 0.15) is 51.9 Å². The quantitative estimate of drug-likeness (QED) is 0.529. The number of likely N-dealkylation sites (tertiary alicyclic amines) is 1. The zero-order chi connectivity index (χ0) is 28.1. The number of rotatable bonds is 5. The molecule has 40 heavy (non-hydrogen) atoms. The highest BCUT2D eigenvalue weighted by Crippen LogP contribution is 2.50. The molecular weight excluding hydrogens is 522 g/mol. The first kappa shape index (κ1) is 27.6. The van der Waals surface area contributed by atoms with E-state index in [0.717, 1.165) is 25.7 Å². The Morgan fingerprint density at radius 2 is 1.82 bits per heavy atom. The standard InChI is InChI=1S/C29H40F2N4O5/c1-15-10-19(16-2-3-16)27(21(11-15)29(39)34-6-8-40-9-7-34)35-14-17(12-24(35)37)32-28(38)20-13-23(36)33-26-18(20)4-5-22(30)25(26)31/h13,15-19,21-22,25-27H,2-12,14H2,1H3,(H,32,38)(H,33,36)/t15?,17-,18?,19?,21?,22?,25?,26?,27?/m1/s1. The van der Waals surface area contributed by atoms with Crippen LogP contribution in [0.15, 0.2) is 11.6 Å². The van der Waals surface area contributed by atoms with Gasteiger partial charge in [0.15, 0.2) is 6.17 Å². The van der Waals surface area contributed by atoms with E-state index in [2.05, 4.69) is 17.6 Å². The first-order valence-electron chi connectivity index (χ1n) is 15.0. The molecule has 5 fully saturated rings. The molecule has 11 heteroatoms. The summed E-state index contributed by atoms with van der Waals surface area (Å²) in [6, 6.07) is -1.76. The van der Waals surface area contributed by atoms with Crippen molar-refractivity contribution >= 4 is 23.6 Å². The maximum atomic E-state index is 14.6. The van der Waals surface area contributed by atoms with Crippen molar-refractivity contribution in [2.45, 2.75) is 82.3 Å². The summed E-state index contributed by atoms with van der Waals surface area (Å²) in [5.74, 6) is -0.843. The number of amides is 4. The van der Waals surface area contributed by atoms with Gasteiger partial charge in [-0.3, -0.25) is 19.2 Å². The third kappa shape index (κ3) is 5.25. The van der Waals surface area contributed by atoms with Gasteiger partial charge in [-0.25, -0.2) is 8.78 Å². The number of hydrogen-bond donors (Lipinski definition) is 2. The Hall–Kier alpha value is -2.56. The Labute approximate surface area is 233 Å². The lowest BCUT2D eigenvalue weighted by atomic mass is 9.69. The van der Waals surface area contributed by atoms with Crippen LogP contribution < -0.4 is 10.6 Å². The molecule has 2 saturated heterocycles. The number of carbonyl (C=O) groups excluding carboxylic acids is 4. The van der Waals surface area contributed by atoms with Crippen molar-refractivity contribution in [3.63, 3.8) is 0 Å². The van der Waals surface area contributed by atoms with Crippen LogP contribution in [0.5, 0.6) is 0 Å². The maximum Gasteiger partial charge on any atom is 0.248 e. The van der Waals surface area contributed by atoms with Crippen LogP contribution in [-0.2, 0) is 23.9 Å². The lowest BCUT2D eigenvalue weighted by molar-refractivity contribution is -0.149. The van der Waals surface area contributed by atoms with Crippen LogP contribution >= 0.6 is 0 Å². The average Bonchev–Trinajstić information content (AvgIpc) is 3.73. The summed E-state index contributed by atoms with van der Waals surface area (Å²) in [5.41, 5.74) is 0.150. The second-order valence-corrected chi connectivity index (χ2v) is 12.8. The van der Waals surface area contributed by atoms with Gasteiger partial charge in [-0.1, -0.05) is 6.92 Å². The zero-order valence-corrected chi connectivity index (χ0v) is 23.0. The van der Waals surface area contributed by atoms with Crippen LogP contribution in [0.2, 0.25) is 0 Å². The van der Waals surface area contributed by atoms with Gasteiger partial charge in [0.05, 0.1) is 31.2 Å². The van der Waals surface area contributed by atoms with E-state index in [1.165, 1.54) is 6.08 Å². The van der Waals surface area contributed by atoms with Gasteiger partial charge in [-0.2, -0.15) is 0 Å². The molecule has 220 valence electrons. The van der Waals surface area contributed by atoms with Gasteiger partial charge in [-0.05, 0) is 56.3 Å². The van der Waals surface area contributed by atoms with Crippen LogP contribution in [0, 0.1) is 29.6 Å². The second kappa shape index (κ2) is 11.0. The summed E-state index contributed by atoms with van der Waals surface area (Å²) in [6.07, 6.45) is 1.94. The van der Waals surface area contributed by atoms with Crippen LogP contribution in [-0.4, -0.2) is 96.7 Å². The van der Waals surface area contributed by atoms with Gasteiger partial charge in [-0.15, -0.1) is 0 Å². The minimum Gasteiger partial charge on any atom is -0.378 e. The number of carbonyl (C=O) groups is 4. The van der Waals surface area contributed by atoms with Crippen LogP contribution in [0.3, 0.4) is 0 Å². The first-order chi connectivity index (χ1) is 19.2. The number of fused-ring (bicyclic) bond motifs is 1. The van der Waals surface area contributed by atoms with Crippen molar-refractivity contribution in [1.82, 2.24) is 20.4 Å². The molecule has 2 N–H and O–H groups in total. The molecule has 3 saturated carbocycles.